The molecule has 4 nitrogen and oxygen atoms in total. The molecule has 0 fully saturated rings. The second kappa shape index (κ2) is 10.3. The molecule has 1 aliphatic rings. The minimum absolute atomic E-state index is 0.0827. The van der Waals surface area contributed by atoms with Crippen LogP contribution in [0.4, 0.5) is 0 Å². The summed E-state index contributed by atoms with van der Waals surface area (Å²) in [6.45, 7) is 2.88. The Balaban J connectivity index is 1.58. The lowest BCUT2D eigenvalue weighted by atomic mass is 9.93. The Morgan fingerprint density at radius 3 is 2.35 bits per heavy atom. The standard InChI is InChI=1S/C26H33N3OSi/c1-2-3-19-31(21-11-6-4-7-12-21,22-13-8-5-9-14-22)30-18-17-26-28-20-23-24(27)15-10-16-25(23)29-26/h4-9,11-14,20,24H,2-3,10,15-19,27H2,1H3. The summed E-state index contributed by atoms with van der Waals surface area (Å²) in [6.07, 6.45) is 8.12. The smallest absolute Gasteiger partial charge is 0.255 e. The van der Waals surface area contributed by atoms with Crippen molar-refractivity contribution in [3.05, 3.63) is 83.9 Å². The summed E-state index contributed by atoms with van der Waals surface area (Å²) < 4.78 is 6.91. The first kappa shape index (κ1) is 21.9. The molecule has 4 rings (SSSR count). The zero-order valence-corrected chi connectivity index (χ0v) is 19.5. The zero-order chi connectivity index (χ0) is 21.5. The van der Waals surface area contributed by atoms with E-state index in [0.717, 1.165) is 61.7 Å². The molecule has 1 aliphatic carbocycles. The number of nitrogens with zero attached hydrogens (tertiary/aromatic N) is 2. The van der Waals surface area contributed by atoms with Gasteiger partial charge in [0.15, 0.2) is 0 Å². The highest BCUT2D eigenvalue weighted by molar-refractivity contribution is 6.97. The second-order valence-electron chi connectivity index (χ2n) is 8.45. The molecule has 0 radical (unpaired) electrons. The van der Waals surface area contributed by atoms with Crippen molar-refractivity contribution in [1.82, 2.24) is 9.97 Å². The van der Waals surface area contributed by atoms with E-state index in [1.165, 1.54) is 10.4 Å². The highest BCUT2D eigenvalue weighted by Crippen LogP contribution is 2.26. The first-order valence-corrected chi connectivity index (χ1v) is 13.7. The van der Waals surface area contributed by atoms with Crippen molar-refractivity contribution in [1.29, 1.82) is 0 Å². The number of hydrogen-bond donors (Lipinski definition) is 1. The number of nitrogens with two attached hydrogens (primary N) is 1. The molecule has 31 heavy (non-hydrogen) atoms. The summed E-state index contributed by atoms with van der Waals surface area (Å²) in [5, 5.41) is 2.68. The van der Waals surface area contributed by atoms with E-state index in [-0.39, 0.29) is 6.04 Å². The number of hydrogen-bond acceptors (Lipinski definition) is 4. The van der Waals surface area contributed by atoms with Gasteiger partial charge in [0.25, 0.3) is 8.32 Å². The third-order valence-electron chi connectivity index (χ3n) is 6.31. The second-order valence-corrected chi connectivity index (χ2v) is 12.0. The van der Waals surface area contributed by atoms with Gasteiger partial charge < -0.3 is 10.2 Å². The van der Waals surface area contributed by atoms with E-state index in [2.05, 4.69) is 72.6 Å². The molecule has 1 heterocycles. The van der Waals surface area contributed by atoms with Gasteiger partial charge in [-0.3, -0.25) is 0 Å². The van der Waals surface area contributed by atoms with Gasteiger partial charge in [-0.2, -0.15) is 0 Å². The van der Waals surface area contributed by atoms with Crippen LogP contribution in [-0.2, 0) is 17.3 Å². The number of aromatic nitrogens is 2. The van der Waals surface area contributed by atoms with Crippen LogP contribution in [0.5, 0.6) is 0 Å². The average Bonchev–Trinajstić information content (AvgIpc) is 2.82. The lowest BCUT2D eigenvalue weighted by molar-refractivity contribution is 0.315. The van der Waals surface area contributed by atoms with Crippen LogP contribution in [0, 0.1) is 0 Å². The Labute approximate surface area is 187 Å². The average molecular weight is 432 g/mol. The quantitative estimate of drug-likeness (QED) is 0.522. The van der Waals surface area contributed by atoms with E-state index >= 15 is 0 Å². The molecule has 2 aromatic carbocycles. The summed E-state index contributed by atoms with van der Waals surface area (Å²) in [5.74, 6) is 0.868. The normalized spacial score (nSPS) is 16.1. The first-order valence-electron chi connectivity index (χ1n) is 11.6. The van der Waals surface area contributed by atoms with E-state index in [1.807, 2.05) is 6.20 Å². The molecular formula is C26H33N3OSi. The molecule has 0 saturated carbocycles. The monoisotopic (exact) mass is 431 g/mol. The van der Waals surface area contributed by atoms with Gasteiger partial charge in [-0.25, -0.2) is 9.97 Å². The number of aryl methyl sites for hydroxylation is 1. The van der Waals surface area contributed by atoms with Crippen LogP contribution in [-0.4, -0.2) is 24.9 Å². The van der Waals surface area contributed by atoms with Crippen molar-refractivity contribution in [2.45, 2.75) is 57.5 Å². The fourth-order valence-corrected chi connectivity index (χ4v) is 8.75. The molecule has 2 N–H and O–H groups in total. The van der Waals surface area contributed by atoms with Crippen LogP contribution in [0.15, 0.2) is 66.9 Å². The molecule has 0 amide bonds. The van der Waals surface area contributed by atoms with E-state index < -0.39 is 8.32 Å². The van der Waals surface area contributed by atoms with Crippen LogP contribution in [0.2, 0.25) is 6.04 Å². The van der Waals surface area contributed by atoms with Gasteiger partial charge in [0.05, 0.1) is 0 Å². The van der Waals surface area contributed by atoms with Gasteiger partial charge in [-0.1, -0.05) is 80.4 Å². The molecule has 1 unspecified atom stereocenters. The van der Waals surface area contributed by atoms with Gasteiger partial charge in [-0.15, -0.1) is 0 Å². The molecule has 0 aliphatic heterocycles. The molecule has 1 atom stereocenters. The van der Waals surface area contributed by atoms with E-state index in [0.29, 0.717) is 6.61 Å². The molecule has 0 bridgehead atoms. The van der Waals surface area contributed by atoms with Gasteiger partial charge in [-0.05, 0) is 35.7 Å². The lowest BCUT2D eigenvalue weighted by Crippen LogP contribution is -2.61. The van der Waals surface area contributed by atoms with Crippen LogP contribution < -0.4 is 16.1 Å². The molecule has 1 aromatic heterocycles. The van der Waals surface area contributed by atoms with Crippen molar-refractivity contribution in [2.24, 2.45) is 5.73 Å². The van der Waals surface area contributed by atoms with Gasteiger partial charge >= 0.3 is 0 Å². The fraction of sp³-hybridized carbons (Fsp3) is 0.385. The Morgan fingerprint density at radius 1 is 1.03 bits per heavy atom. The summed E-state index contributed by atoms with van der Waals surface area (Å²) in [5.41, 5.74) is 8.48. The molecule has 0 saturated heterocycles. The minimum atomic E-state index is -2.34. The van der Waals surface area contributed by atoms with Crippen molar-refractivity contribution in [3.8, 4) is 0 Å². The number of benzene rings is 2. The van der Waals surface area contributed by atoms with E-state index in [4.69, 9.17) is 15.1 Å². The summed E-state index contributed by atoms with van der Waals surface area (Å²) in [6, 6.07) is 22.8. The van der Waals surface area contributed by atoms with Crippen molar-refractivity contribution in [2.75, 3.05) is 6.61 Å². The topological polar surface area (TPSA) is 61.0 Å². The van der Waals surface area contributed by atoms with Gasteiger partial charge in [0.1, 0.15) is 5.82 Å². The highest BCUT2D eigenvalue weighted by Gasteiger charge is 2.38. The lowest BCUT2D eigenvalue weighted by Gasteiger charge is -2.32. The zero-order valence-electron chi connectivity index (χ0n) is 18.5. The number of fused-ring (bicyclic) bond motifs is 1. The summed E-state index contributed by atoms with van der Waals surface area (Å²) >= 11 is 0. The van der Waals surface area contributed by atoms with Crippen LogP contribution in [0.25, 0.3) is 0 Å². The van der Waals surface area contributed by atoms with Gasteiger partial charge in [0, 0.05) is 36.5 Å². The summed E-state index contributed by atoms with van der Waals surface area (Å²) in [4.78, 5) is 9.45. The van der Waals surface area contributed by atoms with Crippen molar-refractivity contribution in [3.63, 3.8) is 0 Å². The van der Waals surface area contributed by atoms with Crippen LogP contribution in [0.1, 0.15) is 55.7 Å². The Kier molecular flexibility index (Phi) is 7.28. The van der Waals surface area contributed by atoms with E-state index in [9.17, 15) is 0 Å². The molecular weight excluding hydrogens is 398 g/mol. The van der Waals surface area contributed by atoms with Crippen LogP contribution >= 0.6 is 0 Å². The fourth-order valence-electron chi connectivity index (χ4n) is 4.59. The Hall–Kier alpha value is -2.34. The highest BCUT2D eigenvalue weighted by atomic mass is 28.4. The molecule has 162 valence electrons. The number of rotatable bonds is 9. The molecule has 3 aromatic rings. The van der Waals surface area contributed by atoms with Crippen molar-refractivity contribution >= 4 is 18.7 Å². The maximum absolute atomic E-state index is 6.91. The third-order valence-corrected chi connectivity index (χ3v) is 10.6. The minimum Gasteiger partial charge on any atom is -0.407 e. The van der Waals surface area contributed by atoms with Gasteiger partial charge in [0.2, 0.25) is 0 Å². The summed E-state index contributed by atoms with van der Waals surface area (Å²) in [7, 11) is -2.34. The van der Waals surface area contributed by atoms with Crippen LogP contribution in [0.3, 0.4) is 0 Å². The Morgan fingerprint density at radius 2 is 1.71 bits per heavy atom. The largest absolute Gasteiger partial charge is 0.407 e. The number of unbranched alkanes of at least 4 members (excludes halogenated alkanes) is 1. The maximum Gasteiger partial charge on any atom is 0.255 e. The third kappa shape index (κ3) is 4.95. The molecule has 0 spiro atoms. The predicted molar refractivity (Wildman–Crippen MR) is 129 cm³/mol. The predicted octanol–water partition coefficient (Wildman–Crippen LogP) is 3.93. The molecule has 5 heteroatoms. The Bertz CT molecular complexity index is 925. The first-order chi connectivity index (χ1) is 15.2. The van der Waals surface area contributed by atoms with Crippen molar-refractivity contribution < 1.29 is 4.43 Å². The SMILES string of the molecule is CCCC[Si](OCCc1ncc2c(n1)CCCC2N)(c1ccccc1)c1ccccc1. The van der Waals surface area contributed by atoms with E-state index in [1.54, 1.807) is 0 Å². The maximum atomic E-state index is 6.91.